The van der Waals surface area contributed by atoms with Crippen LogP contribution in [0.1, 0.15) is 18.2 Å². The summed E-state index contributed by atoms with van der Waals surface area (Å²) in [6.45, 7) is 1.60. The van der Waals surface area contributed by atoms with Crippen LogP contribution in [0.15, 0.2) is 42.6 Å². The lowest BCUT2D eigenvalue weighted by atomic mass is 10.2. The Morgan fingerprint density at radius 1 is 1.20 bits per heavy atom. The third-order valence-corrected chi connectivity index (χ3v) is 6.69. The smallest absolute Gasteiger partial charge is 0.288 e. The summed E-state index contributed by atoms with van der Waals surface area (Å²) in [5, 5.41) is 0.493. The van der Waals surface area contributed by atoms with E-state index < -0.39 is 21.6 Å². The highest BCUT2D eigenvalue weighted by Gasteiger charge is 2.32. The van der Waals surface area contributed by atoms with Crippen molar-refractivity contribution in [3.63, 3.8) is 0 Å². The second-order valence-electron chi connectivity index (χ2n) is 5.42. The summed E-state index contributed by atoms with van der Waals surface area (Å²) in [4.78, 5) is 8.20. The van der Waals surface area contributed by atoms with E-state index in [0.717, 1.165) is 22.5 Å². The zero-order valence-electron chi connectivity index (χ0n) is 13.3. The minimum Gasteiger partial charge on any atom is -0.288 e. The SMILES string of the molecule is CC(c1ccc(C(F)(F)F)nc1)=S(C)(=O)Nc1nc2ccccc2s1. The standard InChI is InChI=1S/C16H14F3N3OS2/c1-10(11-7-8-14(20-9-11)16(17,18)19)25(2,23)22-15-21-12-5-3-4-6-13(12)24-15/h3-9H,1-2H3,(H,21,22,23). The van der Waals surface area contributed by atoms with Crippen LogP contribution < -0.4 is 4.72 Å². The zero-order valence-corrected chi connectivity index (χ0v) is 14.9. The van der Waals surface area contributed by atoms with Crippen LogP contribution in [-0.4, -0.2) is 25.3 Å². The van der Waals surface area contributed by atoms with Gasteiger partial charge in [0.25, 0.3) is 0 Å². The van der Waals surface area contributed by atoms with Gasteiger partial charge in [-0.2, -0.15) is 13.2 Å². The molecule has 1 atom stereocenters. The number of para-hydroxylation sites is 1. The number of halogens is 3. The highest BCUT2D eigenvalue weighted by Crippen LogP contribution is 2.28. The number of thiazole rings is 1. The summed E-state index contributed by atoms with van der Waals surface area (Å²) in [5.74, 6) is 0. The van der Waals surface area contributed by atoms with Gasteiger partial charge in [-0.1, -0.05) is 29.5 Å². The van der Waals surface area contributed by atoms with Crippen LogP contribution in [0, 0.1) is 0 Å². The van der Waals surface area contributed by atoms with Crippen molar-refractivity contribution in [1.29, 1.82) is 0 Å². The molecule has 1 aromatic carbocycles. The first-order valence-corrected chi connectivity index (χ1v) is 9.95. The van der Waals surface area contributed by atoms with Gasteiger partial charge in [0, 0.05) is 22.9 Å². The minimum absolute atomic E-state index is 0.383. The van der Waals surface area contributed by atoms with Crippen molar-refractivity contribution >= 4 is 41.3 Å². The molecule has 0 saturated carbocycles. The molecule has 2 heterocycles. The van der Waals surface area contributed by atoms with E-state index in [1.165, 1.54) is 23.7 Å². The van der Waals surface area contributed by atoms with E-state index in [2.05, 4.69) is 14.7 Å². The Morgan fingerprint density at radius 3 is 2.52 bits per heavy atom. The second kappa shape index (κ2) is 6.30. The van der Waals surface area contributed by atoms with Crippen LogP contribution in [0.4, 0.5) is 18.3 Å². The Kier molecular flexibility index (Phi) is 4.46. The van der Waals surface area contributed by atoms with E-state index in [-0.39, 0.29) is 0 Å². The minimum atomic E-state index is -4.50. The van der Waals surface area contributed by atoms with E-state index >= 15 is 0 Å². The van der Waals surface area contributed by atoms with Crippen molar-refractivity contribution in [3.05, 3.63) is 53.9 Å². The van der Waals surface area contributed by atoms with Crippen molar-refractivity contribution in [2.75, 3.05) is 11.0 Å². The highest BCUT2D eigenvalue weighted by atomic mass is 32.2. The first-order chi connectivity index (χ1) is 11.7. The molecular weight excluding hydrogens is 371 g/mol. The number of hydrogen-bond acceptors (Lipinski definition) is 4. The fourth-order valence-corrected chi connectivity index (χ4v) is 4.62. The molecule has 9 heteroatoms. The molecular formula is C16H14F3N3OS2. The number of aromatic nitrogens is 2. The fourth-order valence-electron chi connectivity index (χ4n) is 2.15. The molecule has 132 valence electrons. The molecule has 4 nitrogen and oxygen atoms in total. The molecule has 3 rings (SSSR count). The lowest BCUT2D eigenvalue weighted by Gasteiger charge is -2.12. The number of nitrogens with one attached hydrogen (secondary N) is 1. The lowest BCUT2D eigenvalue weighted by molar-refractivity contribution is -0.141. The van der Waals surface area contributed by atoms with Gasteiger partial charge in [-0.15, -0.1) is 0 Å². The van der Waals surface area contributed by atoms with Gasteiger partial charge in [0.1, 0.15) is 5.69 Å². The van der Waals surface area contributed by atoms with Gasteiger partial charge < -0.3 is 0 Å². The number of hydrogen-bond donors (Lipinski definition) is 1. The molecule has 0 amide bonds. The van der Waals surface area contributed by atoms with Gasteiger partial charge in [0.05, 0.1) is 19.9 Å². The van der Waals surface area contributed by atoms with E-state index in [1.807, 2.05) is 24.3 Å². The predicted molar refractivity (Wildman–Crippen MR) is 96.3 cm³/mol. The third-order valence-electron chi connectivity index (χ3n) is 3.62. The molecule has 0 spiro atoms. The molecule has 2 aromatic heterocycles. The Bertz CT molecular complexity index is 1000. The fraction of sp³-hybridized carbons (Fsp3) is 0.188. The van der Waals surface area contributed by atoms with Crippen LogP contribution >= 0.6 is 11.3 Å². The van der Waals surface area contributed by atoms with Gasteiger partial charge in [0.2, 0.25) is 0 Å². The summed E-state index contributed by atoms with van der Waals surface area (Å²) in [6.07, 6.45) is -1.92. The molecule has 25 heavy (non-hydrogen) atoms. The molecule has 1 N–H and O–H groups in total. The first kappa shape index (κ1) is 17.7. The largest absolute Gasteiger partial charge is 0.433 e. The van der Waals surface area contributed by atoms with Crippen LogP contribution in [0.2, 0.25) is 0 Å². The van der Waals surface area contributed by atoms with Crippen LogP contribution in [0.5, 0.6) is 0 Å². The topological polar surface area (TPSA) is 54.9 Å². The van der Waals surface area contributed by atoms with E-state index in [0.29, 0.717) is 15.6 Å². The molecule has 0 bridgehead atoms. The highest BCUT2D eigenvalue weighted by molar-refractivity contribution is 8.03. The lowest BCUT2D eigenvalue weighted by Crippen LogP contribution is -2.20. The van der Waals surface area contributed by atoms with E-state index in [1.54, 1.807) is 6.92 Å². The number of alkyl halides is 3. The molecule has 0 aliphatic rings. The summed E-state index contributed by atoms with van der Waals surface area (Å²) in [7, 11) is -2.72. The number of benzene rings is 1. The van der Waals surface area contributed by atoms with Gasteiger partial charge in [0.15, 0.2) is 5.13 Å². The number of rotatable bonds is 3. The summed E-state index contributed by atoms with van der Waals surface area (Å²) in [6, 6.07) is 9.66. The molecule has 0 saturated heterocycles. The van der Waals surface area contributed by atoms with Gasteiger partial charge >= 0.3 is 6.18 Å². The van der Waals surface area contributed by atoms with Crippen LogP contribution in [0.25, 0.3) is 10.2 Å². The van der Waals surface area contributed by atoms with Crippen LogP contribution in [-0.2, 0) is 15.9 Å². The van der Waals surface area contributed by atoms with E-state index in [9.17, 15) is 17.4 Å². The normalized spacial score (nSPS) is 14.3. The van der Waals surface area contributed by atoms with E-state index in [4.69, 9.17) is 0 Å². The number of nitrogens with zero attached hydrogens (tertiary/aromatic N) is 2. The third kappa shape index (κ3) is 3.77. The molecule has 3 aromatic rings. The number of fused-ring (bicyclic) bond motifs is 1. The Morgan fingerprint density at radius 2 is 1.92 bits per heavy atom. The average Bonchev–Trinajstić information content (AvgIpc) is 2.94. The Balaban J connectivity index is 1.94. The van der Waals surface area contributed by atoms with Crippen molar-refractivity contribution in [3.8, 4) is 0 Å². The predicted octanol–water partition coefficient (Wildman–Crippen LogP) is 4.19. The summed E-state index contributed by atoms with van der Waals surface area (Å²) >= 11 is 1.36. The zero-order chi connectivity index (χ0) is 18.2. The summed E-state index contributed by atoms with van der Waals surface area (Å²) < 4.78 is 54.6. The monoisotopic (exact) mass is 385 g/mol. The van der Waals surface area contributed by atoms with Gasteiger partial charge in [-0.3, -0.25) is 9.71 Å². The molecule has 1 unspecified atom stereocenters. The Labute approximate surface area is 146 Å². The number of anilines is 1. The van der Waals surface area contributed by atoms with Crippen molar-refractivity contribution in [2.24, 2.45) is 0 Å². The Hall–Kier alpha value is -2.13. The molecule has 0 aliphatic carbocycles. The average molecular weight is 385 g/mol. The molecule has 0 radical (unpaired) electrons. The van der Waals surface area contributed by atoms with Crippen LogP contribution in [0.3, 0.4) is 0 Å². The van der Waals surface area contributed by atoms with Gasteiger partial charge in [-0.25, -0.2) is 9.19 Å². The second-order valence-corrected chi connectivity index (χ2v) is 8.95. The maximum atomic E-state index is 13.0. The first-order valence-electron chi connectivity index (χ1n) is 7.16. The van der Waals surface area contributed by atoms with Gasteiger partial charge in [-0.05, 0) is 25.1 Å². The molecule has 0 aliphatic heterocycles. The number of pyridine rings is 1. The summed E-state index contributed by atoms with van der Waals surface area (Å²) in [5.41, 5.74) is 0.193. The maximum absolute atomic E-state index is 13.0. The van der Waals surface area contributed by atoms with Crippen molar-refractivity contribution < 1.29 is 17.4 Å². The quantitative estimate of drug-likeness (QED) is 0.543. The maximum Gasteiger partial charge on any atom is 0.433 e. The van der Waals surface area contributed by atoms with Crippen molar-refractivity contribution in [1.82, 2.24) is 9.97 Å². The molecule has 0 fully saturated rings. The van der Waals surface area contributed by atoms with Crippen molar-refractivity contribution in [2.45, 2.75) is 13.1 Å².